The van der Waals surface area contributed by atoms with Crippen molar-refractivity contribution in [1.29, 1.82) is 0 Å². The van der Waals surface area contributed by atoms with Gasteiger partial charge >= 0.3 is 5.69 Å². The van der Waals surface area contributed by atoms with Crippen molar-refractivity contribution in [3.8, 4) is 22.9 Å². The van der Waals surface area contributed by atoms with Crippen LogP contribution in [0.4, 0.5) is 5.69 Å². The van der Waals surface area contributed by atoms with Gasteiger partial charge in [-0.3, -0.25) is 19.5 Å². The highest BCUT2D eigenvalue weighted by molar-refractivity contribution is 5.78. The summed E-state index contributed by atoms with van der Waals surface area (Å²) in [6.07, 6.45) is 0. The summed E-state index contributed by atoms with van der Waals surface area (Å²) in [5, 5.41) is 11.5. The highest BCUT2D eigenvalue weighted by atomic mass is 16.6. The van der Waals surface area contributed by atoms with Crippen molar-refractivity contribution in [1.82, 2.24) is 9.13 Å². The first kappa shape index (κ1) is 22.6. The normalized spacial score (nSPS) is 10.8. The average Bonchev–Trinajstić information content (AvgIpc) is 2.86. The molecule has 0 amide bonds. The Kier molecular flexibility index (Phi) is 6.05. The smallest absolute Gasteiger partial charge is 0.336 e. The van der Waals surface area contributed by atoms with Crippen LogP contribution in [0.2, 0.25) is 0 Å². The average molecular weight is 463 g/mol. The quantitative estimate of drug-likeness (QED) is 0.305. The van der Waals surface area contributed by atoms with Crippen LogP contribution in [-0.2, 0) is 6.54 Å². The zero-order chi connectivity index (χ0) is 24.4. The minimum atomic E-state index is -0.621. The van der Waals surface area contributed by atoms with E-state index in [0.717, 1.165) is 4.57 Å². The van der Waals surface area contributed by atoms with Crippen LogP contribution in [-0.4, -0.2) is 35.4 Å². The van der Waals surface area contributed by atoms with Gasteiger partial charge in [-0.05, 0) is 17.7 Å². The summed E-state index contributed by atoms with van der Waals surface area (Å²) in [6.45, 7) is 0.0196. The number of nitro benzene ring substituents is 1. The lowest BCUT2D eigenvalue weighted by molar-refractivity contribution is -0.384. The molecule has 0 bridgehead atoms. The fraction of sp³-hybridized carbons (Fsp3) is 0.167. The lowest BCUT2D eigenvalue weighted by Crippen LogP contribution is -2.39. The van der Waals surface area contributed by atoms with E-state index < -0.39 is 16.2 Å². The minimum Gasteiger partial charge on any atom is -0.493 e. The SMILES string of the molecule is COc1cc(-n2c(=O)c3ccccc3n(Cc3cccc([N+](=O)[O-])c3)c2=O)cc(OC)c1OC. The molecule has 4 aromatic rings. The van der Waals surface area contributed by atoms with Crippen molar-refractivity contribution in [3.05, 3.63) is 97.2 Å². The van der Waals surface area contributed by atoms with Gasteiger partial charge in [0.15, 0.2) is 11.5 Å². The fourth-order valence-electron chi connectivity index (χ4n) is 3.85. The molecule has 0 aliphatic carbocycles. The zero-order valence-electron chi connectivity index (χ0n) is 18.7. The Morgan fingerprint density at radius 2 is 1.56 bits per heavy atom. The Labute approximate surface area is 193 Å². The van der Waals surface area contributed by atoms with Crippen LogP contribution in [0.5, 0.6) is 17.2 Å². The molecule has 0 saturated heterocycles. The first-order valence-electron chi connectivity index (χ1n) is 10.2. The Hall–Kier alpha value is -4.60. The molecule has 0 atom stereocenters. The summed E-state index contributed by atoms with van der Waals surface area (Å²) < 4.78 is 18.5. The predicted octanol–water partition coefficient (Wildman–Crippen LogP) is 3.13. The van der Waals surface area contributed by atoms with E-state index in [-0.39, 0.29) is 29.4 Å². The second kappa shape index (κ2) is 9.10. The number of non-ortho nitro benzene ring substituents is 1. The Balaban J connectivity index is 2.01. The van der Waals surface area contributed by atoms with Crippen molar-refractivity contribution >= 4 is 16.6 Å². The topological polar surface area (TPSA) is 115 Å². The molecule has 0 spiro atoms. The van der Waals surface area contributed by atoms with Crippen LogP contribution in [0.1, 0.15) is 5.56 Å². The molecular weight excluding hydrogens is 442 g/mol. The molecule has 0 radical (unpaired) electrons. The van der Waals surface area contributed by atoms with Gasteiger partial charge in [0.1, 0.15) is 0 Å². The van der Waals surface area contributed by atoms with Crippen molar-refractivity contribution in [2.45, 2.75) is 6.54 Å². The molecule has 4 rings (SSSR count). The molecule has 3 aromatic carbocycles. The Morgan fingerprint density at radius 1 is 0.882 bits per heavy atom. The van der Waals surface area contributed by atoms with Crippen LogP contribution in [0.15, 0.2) is 70.3 Å². The number of fused-ring (bicyclic) bond motifs is 1. The third-order valence-electron chi connectivity index (χ3n) is 5.42. The predicted molar refractivity (Wildman–Crippen MR) is 126 cm³/mol. The summed E-state index contributed by atoms with van der Waals surface area (Å²) in [5.41, 5.74) is -0.0604. The number of nitro groups is 1. The van der Waals surface area contributed by atoms with Gasteiger partial charge < -0.3 is 14.2 Å². The number of methoxy groups -OCH3 is 3. The standard InChI is InChI=1S/C24H21N3O7/c1-32-20-12-17(13-21(33-2)22(20)34-3)26-23(28)18-9-4-5-10-19(18)25(24(26)29)14-15-7-6-8-16(11-15)27(30)31/h4-13H,14H2,1-3H3. The molecule has 0 unspecified atom stereocenters. The van der Waals surface area contributed by atoms with Crippen molar-refractivity contribution in [3.63, 3.8) is 0 Å². The van der Waals surface area contributed by atoms with Gasteiger partial charge in [0.2, 0.25) is 5.75 Å². The number of benzene rings is 3. The van der Waals surface area contributed by atoms with E-state index in [2.05, 4.69) is 0 Å². The van der Waals surface area contributed by atoms with E-state index in [4.69, 9.17) is 14.2 Å². The summed E-state index contributed by atoms with van der Waals surface area (Å²) in [7, 11) is 4.32. The van der Waals surface area contributed by atoms with E-state index in [1.165, 1.54) is 50.2 Å². The first-order chi connectivity index (χ1) is 16.4. The molecule has 0 N–H and O–H groups in total. The number of ether oxygens (including phenoxy) is 3. The number of rotatable bonds is 7. The van der Waals surface area contributed by atoms with E-state index in [0.29, 0.717) is 22.2 Å². The van der Waals surface area contributed by atoms with Crippen LogP contribution in [0, 0.1) is 10.1 Å². The molecule has 34 heavy (non-hydrogen) atoms. The number of aromatic nitrogens is 2. The maximum absolute atomic E-state index is 13.7. The highest BCUT2D eigenvalue weighted by Crippen LogP contribution is 2.38. The van der Waals surface area contributed by atoms with E-state index in [1.807, 2.05) is 0 Å². The van der Waals surface area contributed by atoms with E-state index in [1.54, 1.807) is 36.4 Å². The largest absolute Gasteiger partial charge is 0.493 e. The van der Waals surface area contributed by atoms with Gasteiger partial charge in [0.05, 0.1) is 49.4 Å². The van der Waals surface area contributed by atoms with Gasteiger partial charge in [-0.2, -0.15) is 0 Å². The second-order valence-electron chi connectivity index (χ2n) is 7.34. The maximum Gasteiger partial charge on any atom is 0.336 e. The van der Waals surface area contributed by atoms with Gasteiger partial charge in [0, 0.05) is 24.3 Å². The number of para-hydroxylation sites is 1. The molecule has 0 saturated carbocycles. The van der Waals surface area contributed by atoms with Crippen LogP contribution < -0.4 is 25.5 Å². The molecule has 0 fully saturated rings. The number of hydrogen-bond acceptors (Lipinski definition) is 7. The number of nitrogens with zero attached hydrogens (tertiary/aromatic N) is 3. The zero-order valence-corrected chi connectivity index (χ0v) is 18.7. The molecule has 1 heterocycles. The molecule has 0 aliphatic rings. The Morgan fingerprint density at radius 3 is 2.18 bits per heavy atom. The molecule has 10 heteroatoms. The van der Waals surface area contributed by atoms with Gasteiger partial charge in [0.25, 0.3) is 11.2 Å². The van der Waals surface area contributed by atoms with Gasteiger partial charge in [-0.25, -0.2) is 9.36 Å². The summed E-state index contributed by atoms with van der Waals surface area (Å²) in [5.74, 6) is 0.877. The molecule has 1 aromatic heterocycles. The van der Waals surface area contributed by atoms with Gasteiger partial charge in [-0.1, -0.05) is 24.3 Å². The number of hydrogen-bond donors (Lipinski definition) is 0. The summed E-state index contributed by atoms with van der Waals surface area (Å²) in [4.78, 5) is 37.8. The molecule has 0 aliphatic heterocycles. The lowest BCUT2D eigenvalue weighted by Gasteiger charge is -2.17. The third-order valence-corrected chi connectivity index (χ3v) is 5.42. The maximum atomic E-state index is 13.7. The fourth-order valence-corrected chi connectivity index (χ4v) is 3.85. The van der Waals surface area contributed by atoms with Crippen molar-refractivity contribution in [2.75, 3.05) is 21.3 Å². The molecule has 174 valence electrons. The second-order valence-corrected chi connectivity index (χ2v) is 7.34. The van der Waals surface area contributed by atoms with Crippen LogP contribution >= 0.6 is 0 Å². The van der Waals surface area contributed by atoms with Crippen molar-refractivity contribution < 1.29 is 19.1 Å². The third kappa shape index (κ3) is 3.85. The summed E-state index contributed by atoms with van der Waals surface area (Å²) >= 11 is 0. The van der Waals surface area contributed by atoms with Crippen molar-refractivity contribution in [2.24, 2.45) is 0 Å². The Bertz CT molecular complexity index is 1500. The van der Waals surface area contributed by atoms with E-state index in [9.17, 15) is 19.7 Å². The monoisotopic (exact) mass is 463 g/mol. The highest BCUT2D eigenvalue weighted by Gasteiger charge is 2.20. The lowest BCUT2D eigenvalue weighted by atomic mass is 10.1. The molecular formula is C24H21N3O7. The van der Waals surface area contributed by atoms with Crippen LogP contribution in [0.25, 0.3) is 16.6 Å². The van der Waals surface area contributed by atoms with Crippen LogP contribution in [0.3, 0.4) is 0 Å². The van der Waals surface area contributed by atoms with Gasteiger partial charge in [-0.15, -0.1) is 0 Å². The molecule has 10 nitrogen and oxygen atoms in total. The summed E-state index contributed by atoms with van der Waals surface area (Å²) in [6, 6.07) is 15.7. The minimum absolute atomic E-state index is 0.0196. The first-order valence-corrected chi connectivity index (χ1v) is 10.2. The van der Waals surface area contributed by atoms with E-state index >= 15 is 0 Å².